The molecule has 0 spiro atoms. The average Bonchev–Trinajstić information content (AvgIpc) is 2.60. The second-order valence-corrected chi connectivity index (χ2v) is 4.89. The molecule has 0 aliphatic rings. The van der Waals surface area contributed by atoms with Crippen LogP contribution in [0.4, 0.5) is 5.00 Å². The van der Waals surface area contributed by atoms with Crippen molar-refractivity contribution in [2.24, 2.45) is 0 Å². The Hall–Kier alpha value is -0.790. The maximum Gasteiger partial charge on any atom is 0.264 e. The summed E-state index contributed by atoms with van der Waals surface area (Å²) in [6, 6.07) is 0. The molecular formula is C7H8ClN3O2S2. The second kappa shape index (κ2) is 5.34. The summed E-state index contributed by atoms with van der Waals surface area (Å²) in [6.45, 7) is 0. The van der Waals surface area contributed by atoms with Crippen molar-refractivity contribution in [2.75, 3.05) is 18.2 Å². The second-order valence-electron chi connectivity index (χ2n) is 2.47. The number of aromatic nitrogens is 1. The fourth-order valence-corrected chi connectivity index (χ4v) is 2.40. The zero-order valence-corrected chi connectivity index (χ0v) is 10.4. The highest BCUT2D eigenvalue weighted by molar-refractivity contribution is 8.02. The molecule has 0 unspecified atom stereocenters. The molecule has 15 heavy (non-hydrogen) atoms. The van der Waals surface area contributed by atoms with E-state index in [0.29, 0.717) is 9.50 Å². The highest BCUT2D eigenvalue weighted by atomic mass is 35.5. The number of hydrogen-bond donors (Lipinski definition) is 0. The topological polar surface area (TPSA) is 59.3 Å². The molecule has 1 rings (SSSR count). The van der Waals surface area contributed by atoms with Gasteiger partial charge in [-0.25, -0.2) is 4.98 Å². The Morgan fingerprint density at radius 2 is 2.53 bits per heavy atom. The van der Waals surface area contributed by atoms with E-state index in [2.05, 4.69) is 4.98 Å². The minimum absolute atomic E-state index is 0.415. The number of hydrogen-bond acceptors (Lipinski definition) is 6. The molecule has 0 radical (unpaired) electrons. The molecule has 1 aromatic heterocycles. The molecule has 0 fully saturated rings. The minimum Gasteiger partial charge on any atom is -0.325 e. The fourth-order valence-electron chi connectivity index (χ4n) is 0.875. The van der Waals surface area contributed by atoms with E-state index < -0.39 is 4.92 Å². The standard InChI is InChI=1S/C7H8ClN3O2S2/c1-10(5-3-9-7(8)15-5)6(14-2)4-11(12)13/h3-4H,1-2H3/b6-4-. The molecule has 0 amide bonds. The molecule has 5 nitrogen and oxygen atoms in total. The SMILES string of the molecule is CS/C(=C\[N+](=O)[O-])N(C)c1cnc(Cl)s1. The van der Waals surface area contributed by atoms with Crippen molar-refractivity contribution in [2.45, 2.75) is 0 Å². The van der Waals surface area contributed by atoms with Crippen molar-refractivity contribution in [1.82, 2.24) is 4.98 Å². The molecule has 0 aromatic carbocycles. The summed E-state index contributed by atoms with van der Waals surface area (Å²) in [7, 11) is 1.73. The smallest absolute Gasteiger partial charge is 0.264 e. The third-order valence-corrected chi connectivity index (χ3v) is 3.54. The summed E-state index contributed by atoms with van der Waals surface area (Å²) >= 11 is 8.24. The lowest BCUT2D eigenvalue weighted by atomic mass is 10.7. The highest BCUT2D eigenvalue weighted by Gasteiger charge is 2.12. The van der Waals surface area contributed by atoms with Gasteiger partial charge in [-0.15, -0.1) is 11.8 Å². The maximum atomic E-state index is 10.4. The number of halogens is 1. The Balaban J connectivity index is 2.91. The summed E-state index contributed by atoms with van der Waals surface area (Å²) in [5.41, 5.74) is 0. The van der Waals surface area contributed by atoms with Crippen molar-refractivity contribution in [3.05, 3.63) is 32.0 Å². The molecule has 0 N–H and O–H groups in total. The first kappa shape index (κ1) is 12.3. The molecule has 0 saturated carbocycles. The zero-order valence-electron chi connectivity index (χ0n) is 8.01. The number of rotatable bonds is 4. The van der Waals surface area contributed by atoms with Gasteiger partial charge in [0.2, 0.25) is 0 Å². The van der Waals surface area contributed by atoms with Gasteiger partial charge in [-0.05, 0) is 6.26 Å². The molecule has 0 aliphatic carbocycles. The number of anilines is 1. The van der Waals surface area contributed by atoms with E-state index in [4.69, 9.17) is 11.6 Å². The van der Waals surface area contributed by atoms with Gasteiger partial charge in [-0.2, -0.15) is 0 Å². The highest BCUT2D eigenvalue weighted by Crippen LogP contribution is 2.30. The lowest BCUT2D eigenvalue weighted by molar-refractivity contribution is -0.402. The summed E-state index contributed by atoms with van der Waals surface area (Å²) in [6.07, 6.45) is 4.31. The van der Waals surface area contributed by atoms with Crippen LogP contribution in [0.25, 0.3) is 0 Å². The molecule has 0 bridgehead atoms. The molecule has 8 heteroatoms. The summed E-state index contributed by atoms with van der Waals surface area (Å²) < 4.78 is 0.415. The zero-order chi connectivity index (χ0) is 11.4. The van der Waals surface area contributed by atoms with Crippen LogP contribution in [0.2, 0.25) is 4.47 Å². The van der Waals surface area contributed by atoms with Gasteiger partial charge in [0.1, 0.15) is 10.0 Å². The van der Waals surface area contributed by atoms with Crippen LogP contribution in [0.3, 0.4) is 0 Å². The van der Waals surface area contributed by atoms with Gasteiger partial charge in [0.25, 0.3) is 6.20 Å². The number of nitrogens with zero attached hydrogens (tertiary/aromatic N) is 3. The van der Waals surface area contributed by atoms with Gasteiger partial charge < -0.3 is 4.90 Å². The van der Waals surface area contributed by atoms with E-state index in [1.165, 1.54) is 23.1 Å². The molecule has 0 atom stereocenters. The van der Waals surface area contributed by atoms with Crippen LogP contribution in [0, 0.1) is 10.1 Å². The Labute approximate surface area is 99.9 Å². The number of thioether (sulfide) groups is 1. The lowest BCUT2D eigenvalue weighted by Crippen LogP contribution is -2.13. The van der Waals surface area contributed by atoms with Crippen LogP contribution in [0.15, 0.2) is 17.4 Å². The molecular weight excluding hydrogens is 258 g/mol. The Morgan fingerprint density at radius 3 is 2.93 bits per heavy atom. The summed E-state index contributed by atoms with van der Waals surface area (Å²) in [5, 5.41) is 11.7. The normalized spacial score (nSPS) is 11.5. The fraction of sp³-hybridized carbons (Fsp3) is 0.286. The van der Waals surface area contributed by atoms with Gasteiger partial charge >= 0.3 is 0 Å². The van der Waals surface area contributed by atoms with Gasteiger partial charge in [0, 0.05) is 7.05 Å². The van der Waals surface area contributed by atoms with Crippen LogP contribution in [0.5, 0.6) is 0 Å². The third kappa shape index (κ3) is 3.37. The van der Waals surface area contributed by atoms with E-state index in [1.54, 1.807) is 24.4 Å². The largest absolute Gasteiger partial charge is 0.325 e. The van der Waals surface area contributed by atoms with Crippen LogP contribution in [-0.2, 0) is 0 Å². The average molecular weight is 266 g/mol. The minimum atomic E-state index is -0.481. The first-order chi connectivity index (χ1) is 7.04. The Morgan fingerprint density at radius 1 is 1.87 bits per heavy atom. The maximum absolute atomic E-state index is 10.4. The number of nitro groups is 1. The van der Waals surface area contributed by atoms with E-state index in [1.807, 2.05) is 0 Å². The van der Waals surface area contributed by atoms with Crippen LogP contribution < -0.4 is 4.90 Å². The van der Waals surface area contributed by atoms with Gasteiger partial charge in [-0.3, -0.25) is 10.1 Å². The van der Waals surface area contributed by atoms with Crippen molar-refractivity contribution < 1.29 is 4.92 Å². The summed E-state index contributed by atoms with van der Waals surface area (Å²) in [4.78, 5) is 15.4. The van der Waals surface area contributed by atoms with E-state index >= 15 is 0 Å². The lowest BCUT2D eigenvalue weighted by Gasteiger charge is -2.15. The predicted octanol–water partition coefficient (Wildman–Crippen LogP) is 2.67. The predicted molar refractivity (Wildman–Crippen MR) is 64.1 cm³/mol. The Kier molecular flexibility index (Phi) is 4.37. The quantitative estimate of drug-likeness (QED) is 0.619. The van der Waals surface area contributed by atoms with Gasteiger partial charge in [0.15, 0.2) is 4.47 Å². The van der Waals surface area contributed by atoms with Crippen molar-refractivity contribution >= 4 is 39.7 Å². The number of thiazole rings is 1. The van der Waals surface area contributed by atoms with Crippen LogP contribution in [-0.4, -0.2) is 23.2 Å². The first-order valence-electron chi connectivity index (χ1n) is 3.79. The molecule has 1 heterocycles. The van der Waals surface area contributed by atoms with Gasteiger partial charge in [0.05, 0.1) is 11.1 Å². The summed E-state index contributed by atoms with van der Waals surface area (Å²) in [5.74, 6) is 0. The molecule has 1 aromatic rings. The van der Waals surface area contributed by atoms with E-state index in [0.717, 1.165) is 11.2 Å². The van der Waals surface area contributed by atoms with Crippen molar-refractivity contribution in [3.8, 4) is 0 Å². The van der Waals surface area contributed by atoms with E-state index in [9.17, 15) is 10.1 Å². The monoisotopic (exact) mass is 265 g/mol. The van der Waals surface area contributed by atoms with Crippen LogP contribution in [0.1, 0.15) is 0 Å². The first-order valence-corrected chi connectivity index (χ1v) is 6.21. The molecule has 0 saturated heterocycles. The molecule has 0 aliphatic heterocycles. The van der Waals surface area contributed by atoms with E-state index in [-0.39, 0.29) is 0 Å². The van der Waals surface area contributed by atoms with Crippen molar-refractivity contribution in [1.29, 1.82) is 0 Å². The van der Waals surface area contributed by atoms with Gasteiger partial charge in [-0.1, -0.05) is 22.9 Å². The van der Waals surface area contributed by atoms with Crippen molar-refractivity contribution in [3.63, 3.8) is 0 Å². The van der Waals surface area contributed by atoms with Crippen LogP contribution >= 0.6 is 34.7 Å². The Bertz CT molecular complexity index is 393. The molecule has 82 valence electrons. The third-order valence-electron chi connectivity index (χ3n) is 1.55.